The molecular weight excluding hydrogens is 320 g/mol. The first-order valence-electron chi connectivity index (χ1n) is 8.03. The number of nitrogens with zero attached hydrogens (tertiary/aromatic N) is 1. The predicted molar refractivity (Wildman–Crippen MR) is 97.3 cm³/mol. The zero-order chi connectivity index (χ0) is 17.1. The van der Waals surface area contributed by atoms with Crippen LogP contribution in [0.3, 0.4) is 0 Å². The molecule has 0 aliphatic carbocycles. The van der Waals surface area contributed by atoms with Crippen molar-refractivity contribution >= 4 is 16.7 Å². The Labute approximate surface area is 145 Å². The lowest BCUT2D eigenvalue weighted by molar-refractivity contribution is 0.0789. The number of carbonyl (C=O) groups excluding carboxylic acids is 1. The molecule has 1 heterocycles. The molecule has 1 amide bonds. The molecule has 1 fully saturated rings. The minimum Gasteiger partial charge on any atom is -0.336 e. The average molecular weight is 342 g/mol. The Kier molecular flexibility index (Phi) is 5.11. The minimum absolute atomic E-state index is 0.00684. The molecule has 1 aliphatic heterocycles. The van der Waals surface area contributed by atoms with E-state index >= 15 is 0 Å². The molecule has 1 aliphatic rings. The molecular formula is C19H22N2O2S. The van der Waals surface area contributed by atoms with E-state index in [1.54, 1.807) is 6.26 Å². The van der Waals surface area contributed by atoms with Gasteiger partial charge in [-0.25, -0.2) is 0 Å². The number of carbonyl (C=O) groups is 1. The van der Waals surface area contributed by atoms with Crippen LogP contribution in [0, 0.1) is 0 Å². The number of likely N-dealkylation sites (tertiary alicyclic amines) is 1. The van der Waals surface area contributed by atoms with Crippen molar-refractivity contribution in [1.82, 2.24) is 4.90 Å². The normalized spacial score (nSPS) is 21.7. The number of hydrogen-bond acceptors (Lipinski definition) is 3. The van der Waals surface area contributed by atoms with E-state index in [0.717, 1.165) is 5.56 Å². The maximum atomic E-state index is 12.8. The minimum atomic E-state index is -0.921. The van der Waals surface area contributed by atoms with Gasteiger partial charge in [0.15, 0.2) is 0 Å². The number of rotatable bonds is 4. The molecule has 3 rings (SSSR count). The largest absolute Gasteiger partial charge is 0.336 e. The molecule has 5 heteroatoms. The van der Waals surface area contributed by atoms with E-state index in [1.807, 2.05) is 47.4 Å². The van der Waals surface area contributed by atoms with Gasteiger partial charge in [-0.3, -0.25) is 9.00 Å². The standard InChI is InChI=1S/C19H22N2O2S/c1-24(23)13-14-6-5-9-16(10-14)19(22)21-11-17(18(20)12-21)15-7-3-2-4-8-15/h2-10,17-18H,11-13,20H2,1H3/t17-,18+,24?/m0/s1. The third kappa shape index (κ3) is 3.74. The lowest BCUT2D eigenvalue weighted by Crippen LogP contribution is -2.32. The number of amides is 1. The lowest BCUT2D eigenvalue weighted by Gasteiger charge is -2.17. The first-order valence-corrected chi connectivity index (χ1v) is 9.76. The Balaban J connectivity index is 1.75. The molecule has 2 N–H and O–H groups in total. The summed E-state index contributed by atoms with van der Waals surface area (Å²) in [7, 11) is -0.921. The molecule has 1 saturated heterocycles. The molecule has 3 atom stereocenters. The van der Waals surface area contributed by atoms with Crippen molar-refractivity contribution in [3.8, 4) is 0 Å². The van der Waals surface area contributed by atoms with Crippen LogP contribution in [0.1, 0.15) is 27.4 Å². The fraction of sp³-hybridized carbons (Fsp3) is 0.316. The van der Waals surface area contributed by atoms with Gasteiger partial charge in [0.05, 0.1) is 0 Å². The second-order valence-corrected chi connectivity index (χ2v) is 7.74. The monoisotopic (exact) mass is 342 g/mol. The average Bonchev–Trinajstić information content (AvgIpc) is 2.96. The van der Waals surface area contributed by atoms with Crippen LogP contribution in [-0.2, 0) is 16.6 Å². The van der Waals surface area contributed by atoms with Gasteiger partial charge in [0, 0.05) is 53.4 Å². The topological polar surface area (TPSA) is 63.4 Å². The molecule has 2 aromatic carbocycles. The van der Waals surface area contributed by atoms with E-state index in [0.29, 0.717) is 24.4 Å². The van der Waals surface area contributed by atoms with E-state index in [1.165, 1.54) is 5.56 Å². The summed E-state index contributed by atoms with van der Waals surface area (Å²) in [5.41, 5.74) is 9.01. The van der Waals surface area contributed by atoms with Crippen LogP contribution < -0.4 is 5.73 Å². The van der Waals surface area contributed by atoms with E-state index in [4.69, 9.17) is 5.73 Å². The van der Waals surface area contributed by atoms with E-state index in [-0.39, 0.29) is 17.9 Å². The summed E-state index contributed by atoms with van der Waals surface area (Å²) in [6, 6.07) is 17.5. The fourth-order valence-corrected chi connectivity index (χ4v) is 3.91. The van der Waals surface area contributed by atoms with Gasteiger partial charge in [-0.2, -0.15) is 0 Å². The Morgan fingerprint density at radius 2 is 1.92 bits per heavy atom. The van der Waals surface area contributed by atoms with Crippen molar-refractivity contribution in [2.45, 2.75) is 17.7 Å². The van der Waals surface area contributed by atoms with Crippen LogP contribution in [0.2, 0.25) is 0 Å². The van der Waals surface area contributed by atoms with Crippen LogP contribution >= 0.6 is 0 Å². The molecule has 2 aromatic rings. The highest BCUT2D eigenvalue weighted by Gasteiger charge is 2.34. The first kappa shape index (κ1) is 16.9. The molecule has 0 bridgehead atoms. The SMILES string of the molecule is CS(=O)Cc1cccc(C(=O)N2C[C@@H](N)[C@H](c3ccccc3)C2)c1. The summed E-state index contributed by atoms with van der Waals surface area (Å²) in [6.45, 7) is 1.19. The second-order valence-electron chi connectivity index (χ2n) is 6.31. The first-order chi connectivity index (χ1) is 11.5. The third-order valence-corrected chi connectivity index (χ3v) is 5.16. The van der Waals surface area contributed by atoms with Gasteiger partial charge >= 0.3 is 0 Å². The molecule has 0 spiro atoms. The zero-order valence-electron chi connectivity index (χ0n) is 13.7. The summed E-state index contributed by atoms with van der Waals surface area (Å²) in [4.78, 5) is 14.6. The second kappa shape index (κ2) is 7.28. The Bertz CT molecular complexity index is 748. The Morgan fingerprint density at radius 3 is 2.62 bits per heavy atom. The molecule has 0 saturated carbocycles. The van der Waals surface area contributed by atoms with Crippen molar-refractivity contribution in [3.05, 3.63) is 71.3 Å². The van der Waals surface area contributed by atoms with Gasteiger partial charge in [0.25, 0.3) is 5.91 Å². The summed E-state index contributed by atoms with van der Waals surface area (Å²) in [5.74, 6) is 0.627. The van der Waals surface area contributed by atoms with Crippen molar-refractivity contribution < 1.29 is 9.00 Å². The summed E-state index contributed by atoms with van der Waals surface area (Å²) in [6.07, 6.45) is 1.67. The molecule has 1 unspecified atom stereocenters. The lowest BCUT2D eigenvalue weighted by atomic mass is 9.95. The molecule has 4 nitrogen and oxygen atoms in total. The van der Waals surface area contributed by atoms with Gasteiger partial charge < -0.3 is 10.6 Å². The quantitative estimate of drug-likeness (QED) is 0.926. The third-order valence-electron chi connectivity index (χ3n) is 4.42. The Hall–Kier alpha value is -1.98. The summed E-state index contributed by atoms with van der Waals surface area (Å²) >= 11 is 0. The van der Waals surface area contributed by atoms with Gasteiger partial charge in [-0.05, 0) is 23.3 Å². The Morgan fingerprint density at radius 1 is 1.17 bits per heavy atom. The van der Waals surface area contributed by atoms with Gasteiger partial charge in [0.1, 0.15) is 0 Å². The van der Waals surface area contributed by atoms with Crippen molar-refractivity contribution in [1.29, 1.82) is 0 Å². The van der Waals surface area contributed by atoms with Crippen LogP contribution in [0.15, 0.2) is 54.6 Å². The van der Waals surface area contributed by atoms with Crippen LogP contribution in [-0.4, -0.2) is 40.4 Å². The van der Waals surface area contributed by atoms with Crippen molar-refractivity contribution in [2.24, 2.45) is 5.73 Å². The highest BCUT2D eigenvalue weighted by molar-refractivity contribution is 7.83. The van der Waals surface area contributed by atoms with Gasteiger partial charge in [0.2, 0.25) is 0 Å². The van der Waals surface area contributed by atoms with Crippen LogP contribution in [0.4, 0.5) is 0 Å². The molecule has 126 valence electrons. The van der Waals surface area contributed by atoms with E-state index < -0.39 is 10.8 Å². The summed E-state index contributed by atoms with van der Waals surface area (Å²) in [5, 5.41) is 0. The van der Waals surface area contributed by atoms with Crippen molar-refractivity contribution in [2.75, 3.05) is 19.3 Å². The highest BCUT2D eigenvalue weighted by atomic mass is 32.2. The zero-order valence-corrected chi connectivity index (χ0v) is 14.5. The predicted octanol–water partition coefficient (Wildman–Crippen LogP) is 2.13. The number of benzene rings is 2. The van der Waals surface area contributed by atoms with Gasteiger partial charge in [-0.1, -0.05) is 42.5 Å². The van der Waals surface area contributed by atoms with Crippen molar-refractivity contribution in [3.63, 3.8) is 0 Å². The molecule has 24 heavy (non-hydrogen) atoms. The van der Waals surface area contributed by atoms with Gasteiger partial charge in [-0.15, -0.1) is 0 Å². The highest BCUT2D eigenvalue weighted by Crippen LogP contribution is 2.27. The number of hydrogen-bond donors (Lipinski definition) is 1. The van der Waals surface area contributed by atoms with Crippen LogP contribution in [0.5, 0.6) is 0 Å². The van der Waals surface area contributed by atoms with Crippen LogP contribution in [0.25, 0.3) is 0 Å². The maximum Gasteiger partial charge on any atom is 0.253 e. The smallest absolute Gasteiger partial charge is 0.253 e. The van der Waals surface area contributed by atoms with E-state index in [9.17, 15) is 9.00 Å². The fourth-order valence-electron chi connectivity index (χ4n) is 3.26. The summed E-state index contributed by atoms with van der Waals surface area (Å²) < 4.78 is 11.4. The number of nitrogens with two attached hydrogens (primary N) is 1. The maximum absolute atomic E-state index is 12.8. The molecule has 0 aromatic heterocycles. The van der Waals surface area contributed by atoms with E-state index in [2.05, 4.69) is 12.1 Å². The molecule has 0 radical (unpaired) electrons.